The number of anilines is 1. The van der Waals surface area contributed by atoms with Crippen LogP contribution in [0.1, 0.15) is 5.56 Å². The van der Waals surface area contributed by atoms with Crippen molar-refractivity contribution >= 4 is 5.69 Å². The van der Waals surface area contributed by atoms with Crippen molar-refractivity contribution in [3.8, 4) is 16.9 Å². The number of hydrogen-bond donors (Lipinski definition) is 2. The predicted octanol–water partition coefficient (Wildman–Crippen LogP) is 2.44. The van der Waals surface area contributed by atoms with Gasteiger partial charge in [-0.3, -0.25) is 0 Å². The molecular formula is C14H15NO2. The lowest BCUT2D eigenvalue weighted by molar-refractivity contribution is 0.282. The van der Waals surface area contributed by atoms with Crippen LogP contribution in [0.4, 0.5) is 5.69 Å². The lowest BCUT2D eigenvalue weighted by Crippen LogP contribution is -1.90. The van der Waals surface area contributed by atoms with Crippen LogP contribution in [0.3, 0.4) is 0 Å². The van der Waals surface area contributed by atoms with E-state index in [-0.39, 0.29) is 6.61 Å². The first-order chi connectivity index (χ1) is 8.22. The highest BCUT2D eigenvalue weighted by Crippen LogP contribution is 2.27. The number of hydrogen-bond acceptors (Lipinski definition) is 3. The van der Waals surface area contributed by atoms with Gasteiger partial charge >= 0.3 is 0 Å². The molecule has 0 saturated heterocycles. The third kappa shape index (κ3) is 2.57. The second-order valence-corrected chi connectivity index (χ2v) is 3.85. The average molecular weight is 229 g/mol. The summed E-state index contributed by atoms with van der Waals surface area (Å²) < 4.78 is 5.18. The Morgan fingerprint density at radius 1 is 1.06 bits per heavy atom. The molecule has 3 heteroatoms. The van der Waals surface area contributed by atoms with Crippen molar-refractivity contribution in [1.82, 2.24) is 0 Å². The van der Waals surface area contributed by atoms with E-state index in [1.165, 1.54) is 0 Å². The summed E-state index contributed by atoms with van der Waals surface area (Å²) in [6, 6.07) is 13.3. The van der Waals surface area contributed by atoms with E-state index in [0.29, 0.717) is 5.69 Å². The standard InChI is InChI=1S/C14H15NO2/c1-17-14-7-12(6-13(15)8-14)11-4-2-10(9-16)3-5-11/h2-8,16H,9,15H2,1H3. The van der Waals surface area contributed by atoms with Gasteiger partial charge in [0.25, 0.3) is 0 Å². The fraction of sp³-hybridized carbons (Fsp3) is 0.143. The van der Waals surface area contributed by atoms with E-state index in [4.69, 9.17) is 15.6 Å². The van der Waals surface area contributed by atoms with Gasteiger partial charge in [0.2, 0.25) is 0 Å². The fourth-order valence-corrected chi connectivity index (χ4v) is 1.71. The molecule has 0 aliphatic heterocycles. The van der Waals surface area contributed by atoms with E-state index < -0.39 is 0 Å². The van der Waals surface area contributed by atoms with Crippen LogP contribution in [-0.2, 0) is 6.61 Å². The molecule has 0 saturated carbocycles. The molecule has 3 nitrogen and oxygen atoms in total. The van der Waals surface area contributed by atoms with E-state index >= 15 is 0 Å². The van der Waals surface area contributed by atoms with Gasteiger partial charge in [-0.15, -0.1) is 0 Å². The zero-order chi connectivity index (χ0) is 12.3. The molecule has 0 aliphatic rings. The van der Waals surface area contributed by atoms with Crippen molar-refractivity contribution in [2.75, 3.05) is 12.8 Å². The number of aliphatic hydroxyl groups is 1. The largest absolute Gasteiger partial charge is 0.497 e. The Morgan fingerprint density at radius 3 is 2.35 bits per heavy atom. The Balaban J connectivity index is 2.41. The third-order valence-electron chi connectivity index (χ3n) is 2.63. The molecule has 0 atom stereocenters. The van der Waals surface area contributed by atoms with Crippen LogP contribution in [0.15, 0.2) is 42.5 Å². The molecule has 0 aliphatic carbocycles. The summed E-state index contributed by atoms with van der Waals surface area (Å²) in [5.74, 6) is 0.742. The molecule has 2 aromatic carbocycles. The smallest absolute Gasteiger partial charge is 0.121 e. The van der Waals surface area contributed by atoms with Crippen molar-refractivity contribution in [1.29, 1.82) is 0 Å². The Morgan fingerprint density at radius 2 is 1.76 bits per heavy atom. The third-order valence-corrected chi connectivity index (χ3v) is 2.63. The molecular weight excluding hydrogens is 214 g/mol. The van der Waals surface area contributed by atoms with E-state index in [0.717, 1.165) is 22.4 Å². The van der Waals surface area contributed by atoms with Crippen LogP contribution in [0, 0.1) is 0 Å². The number of methoxy groups -OCH3 is 1. The molecule has 0 aromatic heterocycles. The van der Waals surface area contributed by atoms with E-state index in [2.05, 4.69) is 0 Å². The summed E-state index contributed by atoms with van der Waals surface area (Å²) in [4.78, 5) is 0. The van der Waals surface area contributed by atoms with Gasteiger partial charge in [-0.1, -0.05) is 24.3 Å². The summed E-state index contributed by atoms with van der Waals surface area (Å²) in [5, 5.41) is 8.99. The summed E-state index contributed by atoms with van der Waals surface area (Å²) in [6.45, 7) is 0.0561. The highest BCUT2D eigenvalue weighted by atomic mass is 16.5. The van der Waals surface area contributed by atoms with Crippen molar-refractivity contribution in [2.45, 2.75) is 6.61 Å². The summed E-state index contributed by atoms with van der Waals surface area (Å²) >= 11 is 0. The Hall–Kier alpha value is -2.00. The highest BCUT2D eigenvalue weighted by Gasteiger charge is 2.02. The van der Waals surface area contributed by atoms with Gasteiger partial charge in [0.1, 0.15) is 5.75 Å². The van der Waals surface area contributed by atoms with Crippen molar-refractivity contribution in [3.05, 3.63) is 48.0 Å². The molecule has 2 aromatic rings. The Kier molecular flexibility index (Phi) is 3.30. The highest BCUT2D eigenvalue weighted by molar-refractivity contribution is 5.69. The van der Waals surface area contributed by atoms with Gasteiger partial charge in [0.05, 0.1) is 13.7 Å². The molecule has 0 amide bonds. The summed E-state index contributed by atoms with van der Waals surface area (Å²) in [6.07, 6.45) is 0. The molecule has 2 rings (SSSR count). The monoisotopic (exact) mass is 229 g/mol. The van der Waals surface area contributed by atoms with Crippen molar-refractivity contribution < 1.29 is 9.84 Å². The van der Waals surface area contributed by atoms with E-state index in [1.54, 1.807) is 13.2 Å². The van der Waals surface area contributed by atoms with E-state index in [9.17, 15) is 0 Å². The first kappa shape index (κ1) is 11.5. The predicted molar refractivity (Wildman–Crippen MR) is 68.8 cm³/mol. The number of nitrogen functional groups attached to an aromatic ring is 1. The van der Waals surface area contributed by atoms with Crippen LogP contribution in [-0.4, -0.2) is 12.2 Å². The van der Waals surface area contributed by atoms with Crippen molar-refractivity contribution in [2.24, 2.45) is 0 Å². The molecule has 0 fully saturated rings. The first-order valence-electron chi connectivity index (χ1n) is 5.37. The van der Waals surface area contributed by atoms with Crippen LogP contribution >= 0.6 is 0 Å². The lowest BCUT2D eigenvalue weighted by atomic mass is 10.0. The molecule has 88 valence electrons. The van der Waals surface area contributed by atoms with Crippen molar-refractivity contribution in [3.63, 3.8) is 0 Å². The molecule has 0 heterocycles. The minimum absolute atomic E-state index is 0.0561. The van der Waals surface area contributed by atoms with Gasteiger partial charge in [0.15, 0.2) is 0 Å². The Labute approximate surface area is 100 Å². The topological polar surface area (TPSA) is 55.5 Å². The Bertz CT molecular complexity index is 506. The van der Waals surface area contributed by atoms with Gasteiger partial charge in [-0.25, -0.2) is 0 Å². The minimum atomic E-state index is 0.0561. The number of nitrogens with two attached hydrogens (primary N) is 1. The summed E-state index contributed by atoms with van der Waals surface area (Å²) in [7, 11) is 1.62. The van der Waals surface area contributed by atoms with Gasteiger partial charge < -0.3 is 15.6 Å². The number of rotatable bonds is 3. The molecule has 0 spiro atoms. The molecule has 17 heavy (non-hydrogen) atoms. The number of benzene rings is 2. The van der Waals surface area contributed by atoms with Crippen LogP contribution in [0.5, 0.6) is 5.75 Å². The zero-order valence-electron chi connectivity index (χ0n) is 9.68. The first-order valence-corrected chi connectivity index (χ1v) is 5.37. The van der Waals surface area contributed by atoms with Gasteiger partial charge in [0, 0.05) is 11.8 Å². The SMILES string of the molecule is COc1cc(N)cc(-c2ccc(CO)cc2)c1. The molecule has 0 unspecified atom stereocenters. The minimum Gasteiger partial charge on any atom is -0.497 e. The fourth-order valence-electron chi connectivity index (χ4n) is 1.71. The maximum Gasteiger partial charge on any atom is 0.121 e. The van der Waals surface area contributed by atoms with Gasteiger partial charge in [-0.05, 0) is 28.8 Å². The average Bonchev–Trinajstić information content (AvgIpc) is 2.38. The lowest BCUT2D eigenvalue weighted by Gasteiger charge is -2.07. The molecule has 3 N–H and O–H groups in total. The quantitative estimate of drug-likeness (QED) is 0.795. The van der Waals surface area contributed by atoms with Gasteiger partial charge in [-0.2, -0.15) is 0 Å². The molecule has 0 radical (unpaired) electrons. The normalized spacial score (nSPS) is 10.2. The van der Waals surface area contributed by atoms with E-state index in [1.807, 2.05) is 36.4 Å². The number of ether oxygens (including phenoxy) is 1. The number of aliphatic hydroxyl groups excluding tert-OH is 1. The van der Waals surface area contributed by atoms with Crippen LogP contribution in [0.25, 0.3) is 11.1 Å². The maximum atomic E-state index is 8.99. The summed E-state index contributed by atoms with van der Waals surface area (Å²) in [5.41, 5.74) is 9.43. The van der Waals surface area contributed by atoms with Crippen LogP contribution < -0.4 is 10.5 Å². The second-order valence-electron chi connectivity index (χ2n) is 3.85. The second kappa shape index (κ2) is 4.89. The van der Waals surface area contributed by atoms with Crippen LogP contribution in [0.2, 0.25) is 0 Å². The maximum absolute atomic E-state index is 8.99. The zero-order valence-corrected chi connectivity index (χ0v) is 9.68. The molecule has 0 bridgehead atoms.